The maximum atomic E-state index is 10.7. The molecular weight excluding hydrogens is 204 g/mol. The number of carboxylic acids is 1. The normalized spacial score (nSPS) is 28.9. The first-order chi connectivity index (χ1) is 7.54. The third-order valence-corrected chi connectivity index (χ3v) is 3.54. The molecular formula is C12H24N2O2. The molecule has 0 bridgehead atoms. The first kappa shape index (κ1) is 13.5. The predicted octanol–water partition coefficient (Wildman–Crippen LogP) is 1.27. The van der Waals surface area contributed by atoms with Crippen LogP contribution in [-0.4, -0.2) is 59.6 Å². The number of carboxylic acid groups (broad SMARTS) is 1. The van der Waals surface area contributed by atoms with Gasteiger partial charge in [-0.05, 0) is 39.9 Å². The second-order valence-electron chi connectivity index (χ2n) is 4.82. The van der Waals surface area contributed by atoms with Crippen molar-refractivity contribution in [2.45, 2.75) is 45.2 Å². The molecule has 1 heterocycles. The van der Waals surface area contributed by atoms with Crippen LogP contribution < -0.4 is 0 Å². The Labute approximate surface area is 98.2 Å². The predicted molar refractivity (Wildman–Crippen MR) is 64.6 cm³/mol. The van der Waals surface area contributed by atoms with Gasteiger partial charge < -0.3 is 10.0 Å². The fourth-order valence-corrected chi connectivity index (χ4v) is 2.61. The lowest BCUT2D eigenvalue weighted by atomic mass is 10.1. The number of hydrogen-bond donors (Lipinski definition) is 1. The van der Waals surface area contributed by atoms with Crippen LogP contribution in [0.2, 0.25) is 0 Å². The Kier molecular flexibility index (Phi) is 5.22. The average molecular weight is 228 g/mol. The van der Waals surface area contributed by atoms with Crippen LogP contribution in [0.15, 0.2) is 0 Å². The van der Waals surface area contributed by atoms with Crippen LogP contribution in [0.4, 0.5) is 0 Å². The standard InChI is InChI=1S/C12H24N2O2/c1-4-14-10(2)7-8-13(3)9-11(14)5-6-12(15)16/h10-11H,4-9H2,1-3H3,(H,15,16). The number of aliphatic carboxylic acids is 1. The molecule has 1 fully saturated rings. The van der Waals surface area contributed by atoms with Gasteiger partial charge >= 0.3 is 5.97 Å². The Balaban J connectivity index is 2.62. The monoisotopic (exact) mass is 228 g/mol. The van der Waals surface area contributed by atoms with Crippen molar-refractivity contribution in [3.05, 3.63) is 0 Å². The van der Waals surface area contributed by atoms with Crippen LogP contribution in [0.1, 0.15) is 33.1 Å². The van der Waals surface area contributed by atoms with Crippen LogP contribution in [-0.2, 0) is 4.79 Å². The van der Waals surface area contributed by atoms with Crippen molar-refractivity contribution in [1.82, 2.24) is 9.80 Å². The zero-order valence-electron chi connectivity index (χ0n) is 10.6. The van der Waals surface area contributed by atoms with Crippen molar-refractivity contribution in [3.63, 3.8) is 0 Å². The van der Waals surface area contributed by atoms with Gasteiger partial charge in [0.1, 0.15) is 0 Å². The second kappa shape index (κ2) is 6.21. The minimum Gasteiger partial charge on any atom is -0.481 e. The summed E-state index contributed by atoms with van der Waals surface area (Å²) < 4.78 is 0. The van der Waals surface area contributed by atoms with E-state index < -0.39 is 5.97 Å². The Bertz CT molecular complexity index is 233. The van der Waals surface area contributed by atoms with Gasteiger partial charge in [0, 0.05) is 25.0 Å². The molecule has 2 unspecified atom stereocenters. The van der Waals surface area contributed by atoms with Gasteiger partial charge in [-0.25, -0.2) is 0 Å². The molecule has 1 saturated heterocycles. The first-order valence-corrected chi connectivity index (χ1v) is 6.20. The second-order valence-corrected chi connectivity index (χ2v) is 4.82. The van der Waals surface area contributed by atoms with E-state index in [1.165, 1.54) is 6.42 Å². The summed E-state index contributed by atoms with van der Waals surface area (Å²) in [7, 11) is 2.12. The molecule has 0 aliphatic carbocycles. The summed E-state index contributed by atoms with van der Waals surface area (Å²) >= 11 is 0. The van der Waals surface area contributed by atoms with E-state index in [1.807, 2.05) is 0 Å². The lowest BCUT2D eigenvalue weighted by Gasteiger charge is -2.33. The van der Waals surface area contributed by atoms with Gasteiger partial charge in [-0.2, -0.15) is 0 Å². The third-order valence-electron chi connectivity index (χ3n) is 3.54. The summed E-state index contributed by atoms with van der Waals surface area (Å²) in [6.45, 7) is 7.53. The third kappa shape index (κ3) is 3.76. The molecule has 1 N–H and O–H groups in total. The Hall–Kier alpha value is -0.610. The maximum absolute atomic E-state index is 10.7. The number of rotatable bonds is 4. The minimum absolute atomic E-state index is 0.279. The molecule has 0 aromatic rings. The summed E-state index contributed by atoms with van der Waals surface area (Å²) in [4.78, 5) is 15.4. The van der Waals surface area contributed by atoms with Crippen molar-refractivity contribution in [1.29, 1.82) is 0 Å². The van der Waals surface area contributed by atoms with Gasteiger partial charge in [-0.15, -0.1) is 0 Å². The van der Waals surface area contributed by atoms with Crippen LogP contribution in [0.25, 0.3) is 0 Å². The van der Waals surface area contributed by atoms with Crippen molar-refractivity contribution in [2.75, 3.05) is 26.7 Å². The summed E-state index contributed by atoms with van der Waals surface area (Å²) in [5.74, 6) is -0.685. The Morgan fingerprint density at radius 1 is 1.50 bits per heavy atom. The Morgan fingerprint density at radius 2 is 2.19 bits per heavy atom. The number of hydrogen-bond acceptors (Lipinski definition) is 3. The number of carbonyl (C=O) groups is 1. The summed E-state index contributed by atoms with van der Waals surface area (Å²) in [5, 5.41) is 8.77. The first-order valence-electron chi connectivity index (χ1n) is 6.20. The lowest BCUT2D eigenvalue weighted by Crippen LogP contribution is -2.43. The molecule has 4 heteroatoms. The van der Waals surface area contributed by atoms with Gasteiger partial charge in [0.15, 0.2) is 0 Å². The molecule has 0 spiro atoms. The van der Waals surface area contributed by atoms with Crippen molar-refractivity contribution in [2.24, 2.45) is 0 Å². The molecule has 0 aromatic carbocycles. The molecule has 0 radical (unpaired) electrons. The number of nitrogens with zero attached hydrogens (tertiary/aromatic N) is 2. The zero-order chi connectivity index (χ0) is 12.1. The highest BCUT2D eigenvalue weighted by Gasteiger charge is 2.27. The van der Waals surface area contributed by atoms with Gasteiger partial charge in [0.2, 0.25) is 0 Å². The SMILES string of the molecule is CCN1C(C)CCN(C)CC1CCC(=O)O. The molecule has 94 valence electrons. The maximum Gasteiger partial charge on any atom is 0.303 e. The van der Waals surface area contributed by atoms with E-state index in [0.717, 1.165) is 26.1 Å². The van der Waals surface area contributed by atoms with Crippen LogP contribution in [0.3, 0.4) is 0 Å². The molecule has 0 amide bonds. The fourth-order valence-electron chi connectivity index (χ4n) is 2.61. The molecule has 1 rings (SSSR count). The van der Waals surface area contributed by atoms with E-state index in [0.29, 0.717) is 12.1 Å². The van der Waals surface area contributed by atoms with Crippen molar-refractivity contribution < 1.29 is 9.90 Å². The molecule has 0 aromatic heterocycles. The van der Waals surface area contributed by atoms with Crippen LogP contribution in [0, 0.1) is 0 Å². The highest BCUT2D eigenvalue weighted by atomic mass is 16.4. The van der Waals surface area contributed by atoms with E-state index in [1.54, 1.807) is 0 Å². The van der Waals surface area contributed by atoms with Gasteiger partial charge in [-0.1, -0.05) is 6.92 Å². The fraction of sp³-hybridized carbons (Fsp3) is 0.917. The molecule has 16 heavy (non-hydrogen) atoms. The Morgan fingerprint density at radius 3 is 2.75 bits per heavy atom. The molecule has 4 nitrogen and oxygen atoms in total. The minimum atomic E-state index is -0.685. The topological polar surface area (TPSA) is 43.8 Å². The average Bonchev–Trinajstić information content (AvgIpc) is 2.35. The molecule has 1 aliphatic heterocycles. The van der Waals surface area contributed by atoms with E-state index in [9.17, 15) is 4.79 Å². The molecule has 2 atom stereocenters. The van der Waals surface area contributed by atoms with E-state index in [4.69, 9.17) is 5.11 Å². The molecule has 1 aliphatic rings. The van der Waals surface area contributed by atoms with Gasteiger partial charge in [0.05, 0.1) is 0 Å². The summed E-state index contributed by atoms with van der Waals surface area (Å²) in [6.07, 6.45) is 2.22. The van der Waals surface area contributed by atoms with Crippen molar-refractivity contribution in [3.8, 4) is 0 Å². The van der Waals surface area contributed by atoms with Gasteiger partial charge in [-0.3, -0.25) is 9.69 Å². The highest BCUT2D eigenvalue weighted by Crippen LogP contribution is 2.18. The summed E-state index contributed by atoms with van der Waals surface area (Å²) in [5.41, 5.74) is 0. The van der Waals surface area contributed by atoms with Crippen molar-refractivity contribution >= 4 is 5.97 Å². The van der Waals surface area contributed by atoms with Crippen LogP contribution in [0.5, 0.6) is 0 Å². The smallest absolute Gasteiger partial charge is 0.303 e. The summed E-state index contributed by atoms with van der Waals surface area (Å²) in [6, 6.07) is 0.956. The highest BCUT2D eigenvalue weighted by molar-refractivity contribution is 5.66. The van der Waals surface area contributed by atoms with Gasteiger partial charge in [0.25, 0.3) is 0 Å². The number of likely N-dealkylation sites (N-methyl/N-ethyl adjacent to an activating group) is 2. The lowest BCUT2D eigenvalue weighted by molar-refractivity contribution is -0.137. The van der Waals surface area contributed by atoms with E-state index in [2.05, 4.69) is 30.7 Å². The molecule has 0 saturated carbocycles. The van der Waals surface area contributed by atoms with E-state index in [-0.39, 0.29) is 6.42 Å². The van der Waals surface area contributed by atoms with Crippen LogP contribution >= 0.6 is 0 Å². The largest absolute Gasteiger partial charge is 0.481 e. The zero-order valence-corrected chi connectivity index (χ0v) is 10.6. The van der Waals surface area contributed by atoms with E-state index >= 15 is 0 Å². The quantitative estimate of drug-likeness (QED) is 0.787.